The van der Waals surface area contributed by atoms with Crippen molar-refractivity contribution in [1.82, 2.24) is 0 Å². The zero-order valence-electron chi connectivity index (χ0n) is 12.3. The number of hydrogen-bond acceptors (Lipinski definition) is 2. The predicted molar refractivity (Wildman–Crippen MR) is 74.3 cm³/mol. The molecule has 2 saturated carbocycles. The molecule has 0 aromatic heterocycles. The van der Waals surface area contributed by atoms with Gasteiger partial charge in [0.05, 0.1) is 6.10 Å². The van der Waals surface area contributed by atoms with Crippen molar-refractivity contribution in [2.24, 2.45) is 22.7 Å². The molecule has 0 radical (unpaired) electrons. The van der Waals surface area contributed by atoms with Gasteiger partial charge in [0.1, 0.15) is 0 Å². The lowest BCUT2D eigenvalue weighted by Gasteiger charge is -2.58. The first-order chi connectivity index (χ1) is 8.42. The maximum absolute atomic E-state index is 10.4. The number of rotatable bonds is 3. The summed E-state index contributed by atoms with van der Waals surface area (Å²) in [5, 5.41) is 19.5. The second-order valence-corrected chi connectivity index (χ2v) is 7.52. The van der Waals surface area contributed by atoms with Gasteiger partial charge in [0.15, 0.2) is 0 Å². The molecule has 0 amide bonds. The molecule has 106 valence electrons. The second-order valence-electron chi connectivity index (χ2n) is 7.52. The quantitative estimate of drug-likeness (QED) is 0.810. The van der Waals surface area contributed by atoms with Crippen molar-refractivity contribution in [2.45, 2.75) is 71.8 Å². The fourth-order valence-corrected chi connectivity index (χ4v) is 5.14. The Labute approximate surface area is 112 Å². The number of aliphatic hydroxyl groups is 2. The van der Waals surface area contributed by atoms with E-state index in [1.807, 2.05) is 0 Å². The molecule has 2 rings (SSSR count). The van der Waals surface area contributed by atoms with Crippen LogP contribution in [0.1, 0.15) is 65.7 Å². The van der Waals surface area contributed by atoms with Crippen LogP contribution in [0.25, 0.3) is 0 Å². The number of hydrogen-bond donors (Lipinski definition) is 2. The lowest BCUT2D eigenvalue weighted by Crippen LogP contribution is -2.53. The minimum atomic E-state index is -0.147. The molecule has 2 fully saturated rings. The van der Waals surface area contributed by atoms with Gasteiger partial charge in [-0.05, 0) is 61.2 Å². The zero-order valence-corrected chi connectivity index (χ0v) is 12.3. The van der Waals surface area contributed by atoms with E-state index in [2.05, 4.69) is 20.8 Å². The van der Waals surface area contributed by atoms with Gasteiger partial charge in [0.25, 0.3) is 0 Å². The SMILES string of the molecule is CC1(C)CCC[C@@]2(C)[C@H](CCCO)[C@@H](O)CC[C@H]12. The van der Waals surface area contributed by atoms with Gasteiger partial charge in [-0.15, -0.1) is 0 Å². The molecular weight excluding hydrogens is 224 g/mol. The van der Waals surface area contributed by atoms with Crippen LogP contribution in [0.5, 0.6) is 0 Å². The normalized spacial score (nSPS) is 43.5. The highest BCUT2D eigenvalue weighted by Crippen LogP contribution is 2.60. The van der Waals surface area contributed by atoms with E-state index in [4.69, 9.17) is 5.11 Å². The minimum Gasteiger partial charge on any atom is -0.396 e. The lowest BCUT2D eigenvalue weighted by atomic mass is 9.47. The molecule has 2 aliphatic rings. The molecule has 2 N–H and O–H groups in total. The van der Waals surface area contributed by atoms with Gasteiger partial charge in [-0.3, -0.25) is 0 Å². The Kier molecular flexibility index (Phi) is 4.08. The van der Waals surface area contributed by atoms with Crippen LogP contribution in [0.2, 0.25) is 0 Å². The van der Waals surface area contributed by atoms with Crippen LogP contribution in [0.15, 0.2) is 0 Å². The topological polar surface area (TPSA) is 40.5 Å². The van der Waals surface area contributed by atoms with Crippen molar-refractivity contribution in [3.63, 3.8) is 0 Å². The van der Waals surface area contributed by atoms with Crippen molar-refractivity contribution in [3.05, 3.63) is 0 Å². The van der Waals surface area contributed by atoms with Crippen molar-refractivity contribution in [3.8, 4) is 0 Å². The van der Waals surface area contributed by atoms with Crippen LogP contribution in [0, 0.1) is 22.7 Å². The Morgan fingerprint density at radius 2 is 1.83 bits per heavy atom. The van der Waals surface area contributed by atoms with E-state index < -0.39 is 0 Å². The average Bonchev–Trinajstić information content (AvgIpc) is 2.27. The van der Waals surface area contributed by atoms with Crippen LogP contribution in [0.4, 0.5) is 0 Å². The van der Waals surface area contributed by atoms with Gasteiger partial charge in [-0.1, -0.05) is 27.2 Å². The van der Waals surface area contributed by atoms with Gasteiger partial charge < -0.3 is 10.2 Å². The highest BCUT2D eigenvalue weighted by molar-refractivity contribution is 5.03. The first-order valence-electron chi connectivity index (χ1n) is 7.71. The molecule has 0 aliphatic heterocycles. The highest BCUT2D eigenvalue weighted by Gasteiger charge is 2.53. The fraction of sp³-hybridized carbons (Fsp3) is 1.00. The summed E-state index contributed by atoms with van der Waals surface area (Å²) >= 11 is 0. The summed E-state index contributed by atoms with van der Waals surface area (Å²) in [7, 11) is 0. The van der Waals surface area contributed by atoms with E-state index in [1.54, 1.807) is 0 Å². The van der Waals surface area contributed by atoms with Crippen molar-refractivity contribution >= 4 is 0 Å². The van der Waals surface area contributed by atoms with E-state index in [1.165, 1.54) is 25.7 Å². The largest absolute Gasteiger partial charge is 0.396 e. The maximum atomic E-state index is 10.4. The monoisotopic (exact) mass is 254 g/mol. The first-order valence-corrected chi connectivity index (χ1v) is 7.71. The Morgan fingerprint density at radius 1 is 1.11 bits per heavy atom. The Bertz CT molecular complexity index is 287. The summed E-state index contributed by atoms with van der Waals surface area (Å²) in [6.45, 7) is 7.49. The summed E-state index contributed by atoms with van der Waals surface area (Å²) in [4.78, 5) is 0. The molecule has 0 saturated heterocycles. The molecule has 0 aromatic carbocycles. The van der Waals surface area contributed by atoms with Crippen molar-refractivity contribution in [1.29, 1.82) is 0 Å². The molecule has 0 unspecified atom stereocenters. The van der Waals surface area contributed by atoms with E-state index in [9.17, 15) is 5.11 Å². The molecule has 4 atom stereocenters. The van der Waals surface area contributed by atoms with Crippen LogP contribution in [-0.4, -0.2) is 22.9 Å². The standard InChI is InChI=1S/C16H30O2/c1-15(2)9-5-10-16(3)12(6-4-11-17)13(18)7-8-14(15)16/h12-14,17-18H,4-11H2,1-3H3/t12-,13+,14-,16+/m1/s1. The van der Waals surface area contributed by atoms with E-state index >= 15 is 0 Å². The second kappa shape index (κ2) is 5.13. The molecule has 0 heterocycles. The minimum absolute atomic E-state index is 0.147. The van der Waals surface area contributed by atoms with Crippen LogP contribution in [0.3, 0.4) is 0 Å². The summed E-state index contributed by atoms with van der Waals surface area (Å²) in [5.41, 5.74) is 0.708. The predicted octanol–water partition coefficient (Wildman–Crippen LogP) is 3.36. The average molecular weight is 254 g/mol. The van der Waals surface area contributed by atoms with Gasteiger partial charge >= 0.3 is 0 Å². The molecular formula is C16H30O2. The van der Waals surface area contributed by atoms with Crippen LogP contribution in [-0.2, 0) is 0 Å². The summed E-state index contributed by atoms with van der Waals surface area (Å²) in [5.74, 6) is 1.13. The molecule has 0 aromatic rings. The molecule has 18 heavy (non-hydrogen) atoms. The van der Waals surface area contributed by atoms with Crippen molar-refractivity contribution < 1.29 is 10.2 Å². The zero-order chi connectivity index (χ0) is 13.4. The lowest BCUT2D eigenvalue weighted by molar-refractivity contribution is -0.126. The summed E-state index contributed by atoms with van der Waals surface area (Å²) < 4.78 is 0. The summed E-state index contributed by atoms with van der Waals surface area (Å²) in [6.07, 6.45) is 7.70. The number of aliphatic hydroxyl groups excluding tert-OH is 2. The molecule has 2 heteroatoms. The van der Waals surface area contributed by atoms with Crippen LogP contribution < -0.4 is 0 Å². The van der Waals surface area contributed by atoms with Crippen molar-refractivity contribution in [2.75, 3.05) is 6.61 Å². The Hall–Kier alpha value is -0.0800. The molecule has 0 bridgehead atoms. The highest BCUT2D eigenvalue weighted by atomic mass is 16.3. The third-order valence-corrected chi connectivity index (χ3v) is 6.01. The van der Waals surface area contributed by atoms with E-state index in [0.29, 0.717) is 11.3 Å². The molecule has 2 aliphatic carbocycles. The van der Waals surface area contributed by atoms with Gasteiger partial charge in [0.2, 0.25) is 0 Å². The van der Waals surface area contributed by atoms with E-state index in [-0.39, 0.29) is 18.1 Å². The fourth-order valence-electron chi connectivity index (χ4n) is 5.14. The van der Waals surface area contributed by atoms with Gasteiger partial charge in [0, 0.05) is 6.61 Å². The van der Waals surface area contributed by atoms with E-state index in [0.717, 1.165) is 25.2 Å². The summed E-state index contributed by atoms with van der Waals surface area (Å²) in [6, 6.07) is 0. The Balaban J connectivity index is 2.22. The van der Waals surface area contributed by atoms with Crippen LogP contribution >= 0.6 is 0 Å². The first kappa shape index (κ1) is 14.3. The van der Waals surface area contributed by atoms with Gasteiger partial charge in [-0.25, -0.2) is 0 Å². The maximum Gasteiger partial charge on any atom is 0.0573 e. The molecule has 2 nitrogen and oxygen atoms in total. The molecule has 0 spiro atoms. The third kappa shape index (κ3) is 2.34. The Morgan fingerprint density at radius 3 is 2.50 bits per heavy atom. The smallest absolute Gasteiger partial charge is 0.0573 e. The van der Waals surface area contributed by atoms with Gasteiger partial charge in [-0.2, -0.15) is 0 Å². The number of fused-ring (bicyclic) bond motifs is 1. The third-order valence-electron chi connectivity index (χ3n) is 6.01.